The average Bonchev–Trinajstić information content (AvgIpc) is 2.93. The van der Waals surface area contributed by atoms with Gasteiger partial charge in [0.1, 0.15) is 0 Å². The molecule has 4 nitrogen and oxygen atoms in total. The number of aromatic hydroxyl groups is 1. The smallest absolute Gasteiger partial charge is 0.254 e. The van der Waals surface area contributed by atoms with Gasteiger partial charge in [-0.05, 0) is 31.9 Å². The molecule has 110 valence electrons. The van der Waals surface area contributed by atoms with Crippen LogP contribution in [0, 0.1) is 17.5 Å². The Bertz CT molecular complexity index is 517. The molecular formula is C13H15F3N2O2. The van der Waals surface area contributed by atoms with Crippen molar-refractivity contribution in [3.05, 3.63) is 29.1 Å². The molecule has 2 rings (SSSR count). The van der Waals surface area contributed by atoms with E-state index < -0.39 is 34.7 Å². The van der Waals surface area contributed by atoms with E-state index in [4.69, 9.17) is 5.11 Å². The fourth-order valence-electron chi connectivity index (χ4n) is 2.21. The predicted molar refractivity (Wildman–Crippen MR) is 66.0 cm³/mol. The maximum Gasteiger partial charge on any atom is 0.254 e. The zero-order chi connectivity index (χ0) is 14.7. The maximum atomic E-state index is 13.5. The molecule has 0 saturated carbocycles. The molecule has 1 aromatic rings. The molecule has 1 atom stereocenters. The molecule has 0 radical (unpaired) electrons. The highest BCUT2D eigenvalue weighted by atomic mass is 19.2. The van der Waals surface area contributed by atoms with Gasteiger partial charge in [0.15, 0.2) is 17.4 Å². The van der Waals surface area contributed by atoms with Gasteiger partial charge in [0.25, 0.3) is 5.91 Å². The standard InChI is InChI=1S/C13H15F3N2O2/c14-9-6-8(10(15)12(19)11(9)16)13(20)18-5-3-7-2-1-4-17-7/h6-7,17,19H,1-5H2,(H,18,20)/t7-/m1/s1. The molecule has 0 aromatic heterocycles. The first-order chi connectivity index (χ1) is 9.50. The van der Waals surface area contributed by atoms with Crippen molar-refractivity contribution >= 4 is 5.91 Å². The van der Waals surface area contributed by atoms with Crippen molar-refractivity contribution in [1.82, 2.24) is 10.6 Å². The number of rotatable bonds is 4. The van der Waals surface area contributed by atoms with E-state index in [2.05, 4.69) is 10.6 Å². The second-order valence-corrected chi connectivity index (χ2v) is 4.72. The minimum atomic E-state index is -1.70. The molecule has 1 aromatic carbocycles. The number of carbonyl (C=O) groups excluding carboxylic acids is 1. The summed E-state index contributed by atoms with van der Waals surface area (Å²) < 4.78 is 39.4. The number of hydrogen-bond donors (Lipinski definition) is 3. The van der Waals surface area contributed by atoms with Gasteiger partial charge >= 0.3 is 0 Å². The Morgan fingerprint density at radius 3 is 2.80 bits per heavy atom. The summed E-state index contributed by atoms with van der Waals surface area (Å²) in [5.74, 6) is -6.98. The molecule has 0 aliphatic carbocycles. The molecule has 0 bridgehead atoms. The van der Waals surface area contributed by atoms with Gasteiger partial charge in [0.2, 0.25) is 5.82 Å². The van der Waals surface area contributed by atoms with Crippen LogP contribution in [0.1, 0.15) is 29.6 Å². The fourth-order valence-corrected chi connectivity index (χ4v) is 2.21. The van der Waals surface area contributed by atoms with E-state index in [0.717, 1.165) is 19.4 Å². The molecule has 3 N–H and O–H groups in total. The lowest BCUT2D eigenvalue weighted by atomic mass is 10.1. The van der Waals surface area contributed by atoms with Gasteiger partial charge in [-0.15, -0.1) is 0 Å². The zero-order valence-electron chi connectivity index (χ0n) is 10.7. The van der Waals surface area contributed by atoms with E-state index in [1.54, 1.807) is 0 Å². The summed E-state index contributed by atoms with van der Waals surface area (Å²) in [7, 11) is 0. The van der Waals surface area contributed by atoms with Crippen molar-refractivity contribution in [2.45, 2.75) is 25.3 Å². The Hall–Kier alpha value is -1.76. The van der Waals surface area contributed by atoms with E-state index in [-0.39, 0.29) is 6.54 Å². The first-order valence-corrected chi connectivity index (χ1v) is 6.38. The van der Waals surface area contributed by atoms with E-state index >= 15 is 0 Å². The van der Waals surface area contributed by atoms with Gasteiger partial charge in [-0.1, -0.05) is 0 Å². The number of nitrogens with one attached hydrogen (secondary N) is 2. The zero-order valence-corrected chi connectivity index (χ0v) is 10.7. The van der Waals surface area contributed by atoms with Crippen LogP contribution in [0.4, 0.5) is 13.2 Å². The van der Waals surface area contributed by atoms with Gasteiger partial charge in [0, 0.05) is 12.6 Å². The molecule has 0 spiro atoms. The van der Waals surface area contributed by atoms with E-state index in [0.29, 0.717) is 18.5 Å². The number of phenols is 1. The SMILES string of the molecule is O=C(NCC[C@H]1CCCN1)c1cc(F)c(F)c(O)c1F. The number of benzene rings is 1. The largest absolute Gasteiger partial charge is 0.503 e. The molecule has 0 unspecified atom stereocenters. The monoisotopic (exact) mass is 288 g/mol. The van der Waals surface area contributed by atoms with Gasteiger partial charge in [-0.25, -0.2) is 8.78 Å². The van der Waals surface area contributed by atoms with Crippen LogP contribution in [0.3, 0.4) is 0 Å². The highest BCUT2D eigenvalue weighted by Gasteiger charge is 2.22. The molecule has 7 heteroatoms. The minimum absolute atomic E-state index is 0.287. The lowest BCUT2D eigenvalue weighted by Crippen LogP contribution is -2.31. The normalized spacial score (nSPS) is 18.2. The molecule has 20 heavy (non-hydrogen) atoms. The van der Waals surface area contributed by atoms with Gasteiger partial charge < -0.3 is 15.7 Å². The lowest BCUT2D eigenvalue weighted by Gasteiger charge is -2.11. The maximum absolute atomic E-state index is 13.5. The Kier molecular flexibility index (Phi) is 4.49. The van der Waals surface area contributed by atoms with Crippen LogP contribution in [-0.4, -0.2) is 30.1 Å². The van der Waals surface area contributed by atoms with E-state index in [1.807, 2.05) is 0 Å². The van der Waals surface area contributed by atoms with Crippen LogP contribution in [0.15, 0.2) is 6.07 Å². The Balaban J connectivity index is 1.98. The van der Waals surface area contributed by atoms with Crippen LogP contribution >= 0.6 is 0 Å². The van der Waals surface area contributed by atoms with Crippen LogP contribution in [0.25, 0.3) is 0 Å². The molecule has 1 saturated heterocycles. The molecule has 1 fully saturated rings. The van der Waals surface area contributed by atoms with Crippen LogP contribution in [0.2, 0.25) is 0 Å². The predicted octanol–water partition coefficient (Wildman–Crippen LogP) is 1.68. The topological polar surface area (TPSA) is 61.4 Å². The number of halogens is 3. The summed E-state index contributed by atoms with van der Waals surface area (Å²) in [6.45, 7) is 1.22. The summed E-state index contributed by atoms with van der Waals surface area (Å²) in [4.78, 5) is 11.7. The van der Waals surface area contributed by atoms with Gasteiger partial charge in [-0.3, -0.25) is 4.79 Å². The Labute approximate surface area is 114 Å². The summed E-state index contributed by atoms with van der Waals surface area (Å²) >= 11 is 0. The highest BCUT2D eigenvalue weighted by Crippen LogP contribution is 2.25. The van der Waals surface area contributed by atoms with Gasteiger partial charge in [0.05, 0.1) is 5.56 Å². The lowest BCUT2D eigenvalue weighted by molar-refractivity contribution is 0.0946. The molecule has 1 amide bonds. The fraction of sp³-hybridized carbons (Fsp3) is 0.462. The van der Waals surface area contributed by atoms with E-state index in [1.165, 1.54) is 0 Å². The number of amides is 1. The molecule has 1 heterocycles. The van der Waals surface area contributed by atoms with Crippen molar-refractivity contribution in [2.24, 2.45) is 0 Å². The first kappa shape index (κ1) is 14.6. The van der Waals surface area contributed by atoms with Crippen LogP contribution in [0.5, 0.6) is 5.75 Å². The summed E-state index contributed by atoms with van der Waals surface area (Å²) in [6.07, 6.45) is 2.75. The summed E-state index contributed by atoms with van der Waals surface area (Å²) in [6, 6.07) is 0.742. The van der Waals surface area contributed by atoms with Crippen molar-refractivity contribution in [1.29, 1.82) is 0 Å². The van der Waals surface area contributed by atoms with E-state index in [9.17, 15) is 18.0 Å². The summed E-state index contributed by atoms with van der Waals surface area (Å²) in [5.41, 5.74) is -0.708. The number of hydrogen-bond acceptors (Lipinski definition) is 3. The molecule has 1 aliphatic heterocycles. The number of carbonyl (C=O) groups is 1. The first-order valence-electron chi connectivity index (χ1n) is 6.38. The van der Waals surface area contributed by atoms with Crippen molar-refractivity contribution in [3.8, 4) is 5.75 Å². The van der Waals surface area contributed by atoms with Gasteiger partial charge in [-0.2, -0.15) is 4.39 Å². The highest BCUT2D eigenvalue weighted by molar-refractivity contribution is 5.94. The van der Waals surface area contributed by atoms with Crippen molar-refractivity contribution < 1.29 is 23.1 Å². The third kappa shape index (κ3) is 3.04. The van der Waals surface area contributed by atoms with Crippen molar-refractivity contribution in [3.63, 3.8) is 0 Å². The second-order valence-electron chi connectivity index (χ2n) is 4.72. The van der Waals surface area contributed by atoms with Crippen molar-refractivity contribution in [2.75, 3.05) is 13.1 Å². The van der Waals surface area contributed by atoms with Crippen LogP contribution in [-0.2, 0) is 0 Å². The molecule has 1 aliphatic rings. The summed E-state index contributed by atoms with van der Waals surface area (Å²) in [5, 5.41) is 14.7. The average molecular weight is 288 g/mol. The van der Waals surface area contributed by atoms with Crippen LogP contribution < -0.4 is 10.6 Å². The third-order valence-electron chi connectivity index (χ3n) is 3.32. The molecular weight excluding hydrogens is 273 g/mol. The minimum Gasteiger partial charge on any atom is -0.503 e. The third-order valence-corrected chi connectivity index (χ3v) is 3.32. The quantitative estimate of drug-likeness (QED) is 0.739. The Morgan fingerprint density at radius 2 is 2.15 bits per heavy atom. The Morgan fingerprint density at radius 1 is 1.40 bits per heavy atom. The number of phenolic OH excluding ortho intramolecular Hbond substituents is 1. The second kappa shape index (κ2) is 6.13.